The maximum atomic E-state index is 5.70. The molecule has 0 heterocycles. The lowest BCUT2D eigenvalue weighted by Crippen LogP contribution is -2.13. The number of unbranched alkanes of at least 4 members (excludes halogenated alkanes) is 9. The highest BCUT2D eigenvalue weighted by Gasteiger charge is 1.95. The van der Waals surface area contributed by atoms with Crippen LogP contribution < -0.4 is 5.73 Å². The van der Waals surface area contributed by atoms with Crippen molar-refractivity contribution in [3.8, 4) is 0 Å². The van der Waals surface area contributed by atoms with Crippen LogP contribution in [0.3, 0.4) is 0 Å². The van der Waals surface area contributed by atoms with E-state index < -0.39 is 0 Å². The average molecular weight is 294 g/mol. The third-order valence-electron chi connectivity index (χ3n) is 3.01. The summed E-state index contributed by atoms with van der Waals surface area (Å²) in [5, 5.41) is 0. The second kappa shape index (κ2) is 15.4. The minimum Gasteiger partial charge on any atom is -0.328 e. The molecule has 0 aromatic heterocycles. The minimum absolute atomic E-state index is 0. The molecule has 0 aliphatic carbocycles. The van der Waals surface area contributed by atoms with Gasteiger partial charge in [-0.25, -0.2) is 0 Å². The largest absolute Gasteiger partial charge is 0.328 e. The van der Waals surface area contributed by atoms with Crippen LogP contribution in [0.15, 0.2) is 0 Å². The Morgan fingerprint density at radius 1 is 0.750 bits per heavy atom. The van der Waals surface area contributed by atoms with Gasteiger partial charge in [-0.15, -0.1) is 17.0 Å². The van der Waals surface area contributed by atoms with Gasteiger partial charge < -0.3 is 5.73 Å². The van der Waals surface area contributed by atoms with Crippen molar-refractivity contribution in [2.75, 3.05) is 0 Å². The fraction of sp³-hybridized carbons (Fsp3) is 1.00. The fourth-order valence-electron chi connectivity index (χ4n) is 1.95. The van der Waals surface area contributed by atoms with Crippen molar-refractivity contribution in [2.45, 2.75) is 90.5 Å². The maximum Gasteiger partial charge on any atom is 0.00104 e. The molecular formula is C14H32BrN. The molecule has 100 valence electrons. The standard InChI is InChI=1S/C14H31N.BrH/c1-3-4-5-6-7-8-9-10-11-12-13-14(2)15;/h14H,3-13,15H2,1-2H3;1H. The Bertz CT molecular complexity index is 115. The topological polar surface area (TPSA) is 26.0 Å². The van der Waals surface area contributed by atoms with Crippen molar-refractivity contribution in [3.05, 3.63) is 0 Å². The lowest BCUT2D eigenvalue weighted by molar-refractivity contribution is 0.533. The molecule has 0 saturated heterocycles. The highest BCUT2D eigenvalue weighted by Crippen LogP contribution is 2.11. The first-order valence-electron chi connectivity index (χ1n) is 7.03. The van der Waals surface area contributed by atoms with E-state index >= 15 is 0 Å². The number of halogens is 1. The molecule has 1 atom stereocenters. The predicted molar refractivity (Wildman–Crippen MR) is 80.4 cm³/mol. The van der Waals surface area contributed by atoms with E-state index in [1.807, 2.05) is 0 Å². The molecular weight excluding hydrogens is 262 g/mol. The highest BCUT2D eigenvalue weighted by molar-refractivity contribution is 8.93. The van der Waals surface area contributed by atoms with Crippen molar-refractivity contribution in [2.24, 2.45) is 5.73 Å². The molecule has 1 nitrogen and oxygen atoms in total. The van der Waals surface area contributed by atoms with Gasteiger partial charge in [0, 0.05) is 6.04 Å². The smallest absolute Gasteiger partial charge is 0.00104 e. The molecule has 0 aromatic carbocycles. The van der Waals surface area contributed by atoms with Crippen molar-refractivity contribution in [3.63, 3.8) is 0 Å². The minimum atomic E-state index is 0. The van der Waals surface area contributed by atoms with Gasteiger partial charge in [0.25, 0.3) is 0 Å². The first kappa shape index (κ1) is 18.8. The van der Waals surface area contributed by atoms with Crippen LogP contribution in [0.1, 0.15) is 84.5 Å². The Balaban J connectivity index is 0. The summed E-state index contributed by atoms with van der Waals surface area (Å²) < 4.78 is 0. The Morgan fingerprint density at radius 3 is 1.50 bits per heavy atom. The molecule has 0 rings (SSSR count). The molecule has 2 heteroatoms. The van der Waals surface area contributed by atoms with Gasteiger partial charge in [0.05, 0.1) is 0 Å². The summed E-state index contributed by atoms with van der Waals surface area (Å²) in [6.07, 6.45) is 15.3. The number of hydrogen-bond donors (Lipinski definition) is 1. The van der Waals surface area contributed by atoms with Crippen LogP contribution in [0, 0.1) is 0 Å². The van der Waals surface area contributed by atoms with Crippen molar-refractivity contribution >= 4 is 17.0 Å². The van der Waals surface area contributed by atoms with Crippen LogP contribution >= 0.6 is 17.0 Å². The fourth-order valence-corrected chi connectivity index (χ4v) is 1.95. The van der Waals surface area contributed by atoms with Gasteiger partial charge in [-0.05, 0) is 13.3 Å². The van der Waals surface area contributed by atoms with Crippen molar-refractivity contribution < 1.29 is 0 Å². The van der Waals surface area contributed by atoms with Crippen LogP contribution in [0.4, 0.5) is 0 Å². The summed E-state index contributed by atoms with van der Waals surface area (Å²) in [5.74, 6) is 0. The number of nitrogens with two attached hydrogens (primary N) is 1. The van der Waals surface area contributed by atoms with E-state index in [0.29, 0.717) is 6.04 Å². The molecule has 0 aromatic rings. The Hall–Kier alpha value is 0.440. The summed E-state index contributed by atoms with van der Waals surface area (Å²) in [6, 6.07) is 0.402. The third kappa shape index (κ3) is 16.9. The van der Waals surface area contributed by atoms with Crippen LogP contribution in [0.2, 0.25) is 0 Å². The van der Waals surface area contributed by atoms with Crippen LogP contribution in [0.25, 0.3) is 0 Å². The first-order valence-corrected chi connectivity index (χ1v) is 7.03. The van der Waals surface area contributed by atoms with Gasteiger partial charge in [0.15, 0.2) is 0 Å². The lowest BCUT2D eigenvalue weighted by Gasteiger charge is -2.04. The van der Waals surface area contributed by atoms with Gasteiger partial charge >= 0.3 is 0 Å². The van der Waals surface area contributed by atoms with Gasteiger partial charge in [-0.2, -0.15) is 0 Å². The van der Waals surface area contributed by atoms with E-state index in [-0.39, 0.29) is 17.0 Å². The van der Waals surface area contributed by atoms with E-state index in [4.69, 9.17) is 5.73 Å². The Morgan fingerprint density at radius 2 is 1.12 bits per heavy atom. The van der Waals surface area contributed by atoms with E-state index in [0.717, 1.165) is 0 Å². The summed E-state index contributed by atoms with van der Waals surface area (Å²) in [5.41, 5.74) is 5.70. The molecule has 0 amide bonds. The molecule has 2 N–H and O–H groups in total. The van der Waals surface area contributed by atoms with Gasteiger partial charge in [-0.3, -0.25) is 0 Å². The van der Waals surface area contributed by atoms with Gasteiger partial charge in [-0.1, -0.05) is 71.1 Å². The maximum absolute atomic E-state index is 5.70. The summed E-state index contributed by atoms with van der Waals surface area (Å²) in [7, 11) is 0. The van der Waals surface area contributed by atoms with E-state index in [9.17, 15) is 0 Å². The molecule has 0 aliphatic heterocycles. The van der Waals surface area contributed by atoms with Crippen molar-refractivity contribution in [1.29, 1.82) is 0 Å². The predicted octanol–water partition coefficient (Wildman–Crippen LogP) is 5.22. The van der Waals surface area contributed by atoms with Crippen LogP contribution in [-0.4, -0.2) is 6.04 Å². The van der Waals surface area contributed by atoms with E-state index in [1.54, 1.807) is 0 Å². The summed E-state index contributed by atoms with van der Waals surface area (Å²) in [6.45, 7) is 4.38. The molecule has 16 heavy (non-hydrogen) atoms. The molecule has 0 saturated carbocycles. The second-order valence-corrected chi connectivity index (χ2v) is 4.95. The Kier molecular flexibility index (Phi) is 18.1. The number of hydrogen-bond acceptors (Lipinski definition) is 1. The monoisotopic (exact) mass is 293 g/mol. The normalized spacial score (nSPS) is 12.2. The first-order chi connectivity index (χ1) is 7.27. The zero-order valence-electron chi connectivity index (χ0n) is 11.3. The third-order valence-corrected chi connectivity index (χ3v) is 3.01. The molecule has 0 fully saturated rings. The van der Waals surface area contributed by atoms with Crippen molar-refractivity contribution in [1.82, 2.24) is 0 Å². The molecule has 0 bridgehead atoms. The van der Waals surface area contributed by atoms with Gasteiger partial charge in [0.2, 0.25) is 0 Å². The zero-order valence-corrected chi connectivity index (χ0v) is 13.1. The molecule has 0 radical (unpaired) electrons. The molecule has 0 spiro atoms. The lowest BCUT2D eigenvalue weighted by atomic mass is 10.0. The second-order valence-electron chi connectivity index (χ2n) is 4.95. The highest BCUT2D eigenvalue weighted by atomic mass is 79.9. The zero-order chi connectivity index (χ0) is 11.4. The quantitative estimate of drug-likeness (QED) is 0.519. The van der Waals surface area contributed by atoms with Gasteiger partial charge in [0.1, 0.15) is 0 Å². The summed E-state index contributed by atoms with van der Waals surface area (Å²) >= 11 is 0. The molecule has 0 aliphatic rings. The van der Waals surface area contributed by atoms with Crippen LogP contribution in [0.5, 0.6) is 0 Å². The average Bonchev–Trinajstić information content (AvgIpc) is 2.20. The van der Waals surface area contributed by atoms with Crippen LogP contribution in [-0.2, 0) is 0 Å². The van der Waals surface area contributed by atoms with E-state index in [2.05, 4.69) is 13.8 Å². The SMILES string of the molecule is Br.CCCCCCCCCCCCC(C)N. The molecule has 1 unspecified atom stereocenters. The number of rotatable bonds is 11. The van der Waals surface area contributed by atoms with E-state index in [1.165, 1.54) is 70.6 Å². The summed E-state index contributed by atoms with van der Waals surface area (Å²) in [4.78, 5) is 0. The Labute approximate surface area is 113 Å².